The second kappa shape index (κ2) is 14.2. The first-order valence-corrected chi connectivity index (χ1v) is 11.6. The van der Waals surface area contributed by atoms with Gasteiger partial charge in [-0.2, -0.15) is 0 Å². The van der Waals surface area contributed by atoms with Gasteiger partial charge in [0.05, 0.1) is 25.4 Å². The number of nitrogens with one attached hydrogen (secondary N) is 1. The van der Waals surface area contributed by atoms with E-state index in [1.165, 1.54) is 18.4 Å². The van der Waals surface area contributed by atoms with Gasteiger partial charge >= 0.3 is 0 Å². The summed E-state index contributed by atoms with van der Waals surface area (Å²) in [5, 5.41) is 3.44. The van der Waals surface area contributed by atoms with Crippen molar-refractivity contribution in [3.05, 3.63) is 29.8 Å². The van der Waals surface area contributed by atoms with E-state index in [4.69, 9.17) is 19.2 Å². The highest BCUT2D eigenvalue weighted by Gasteiger charge is 2.24. The highest BCUT2D eigenvalue weighted by atomic mass is 127. The summed E-state index contributed by atoms with van der Waals surface area (Å²) >= 11 is 0. The number of nitrogens with zero attached hydrogens (tertiary/aromatic N) is 2. The van der Waals surface area contributed by atoms with Crippen LogP contribution in [-0.2, 0) is 9.47 Å². The lowest BCUT2D eigenvalue weighted by Gasteiger charge is -2.35. The normalized spacial score (nSPS) is 21.3. The molecule has 0 amide bonds. The Morgan fingerprint density at radius 1 is 1.26 bits per heavy atom. The minimum atomic E-state index is 0. The van der Waals surface area contributed by atoms with E-state index in [-0.39, 0.29) is 30.1 Å². The average molecular weight is 546 g/mol. The molecule has 7 heteroatoms. The molecule has 0 spiro atoms. The first-order chi connectivity index (χ1) is 14.6. The third-order valence-electron chi connectivity index (χ3n) is 5.69. The van der Waals surface area contributed by atoms with Gasteiger partial charge in [-0.25, -0.2) is 4.99 Å². The second-order valence-corrected chi connectivity index (χ2v) is 8.45. The Morgan fingerprint density at radius 3 is 2.74 bits per heavy atom. The van der Waals surface area contributed by atoms with Crippen LogP contribution in [0.15, 0.2) is 29.3 Å². The van der Waals surface area contributed by atoms with E-state index in [2.05, 4.69) is 43.1 Å². The predicted molar refractivity (Wildman–Crippen MR) is 137 cm³/mol. The van der Waals surface area contributed by atoms with Gasteiger partial charge in [-0.1, -0.05) is 12.1 Å². The maximum Gasteiger partial charge on any atom is 0.194 e. The molecule has 2 aliphatic heterocycles. The molecule has 3 rings (SSSR count). The maximum absolute atomic E-state index is 6.15. The fourth-order valence-electron chi connectivity index (χ4n) is 4.02. The molecule has 1 aromatic rings. The zero-order valence-corrected chi connectivity index (χ0v) is 21.7. The zero-order valence-electron chi connectivity index (χ0n) is 19.3. The lowest BCUT2D eigenvalue weighted by atomic mass is 10.1. The van der Waals surface area contributed by atoms with Gasteiger partial charge in [0.2, 0.25) is 0 Å². The number of benzene rings is 1. The van der Waals surface area contributed by atoms with Crippen LogP contribution in [0.2, 0.25) is 0 Å². The van der Waals surface area contributed by atoms with Crippen molar-refractivity contribution >= 4 is 29.9 Å². The number of likely N-dealkylation sites (tertiary alicyclic amines) is 1. The predicted octanol–water partition coefficient (Wildman–Crippen LogP) is 4.40. The number of rotatable bonds is 8. The standard InChI is InChI=1S/C24H39N3O3.HI/c1-4-25-24(26-17-20(3)30-22-10-7-8-19(2)16-22)27-13-11-21(12-14-27)29-18-23-9-5-6-15-28-23;/h7-8,10,16,20-21,23H,4-6,9,11-15,17-18H2,1-3H3,(H,25,26);1H. The first kappa shape index (κ1) is 26.2. The van der Waals surface area contributed by atoms with Crippen molar-refractivity contribution in [2.45, 2.75) is 71.2 Å². The molecule has 2 heterocycles. The summed E-state index contributed by atoms with van der Waals surface area (Å²) in [5.74, 6) is 1.88. The highest BCUT2D eigenvalue weighted by Crippen LogP contribution is 2.18. The van der Waals surface area contributed by atoms with E-state index < -0.39 is 0 Å². The van der Waals surface area contributed by atoms with Crippen molar-refractivity contribution in [3.63, 3.8) is 0 Å². The topological polar surface area (TPSA) is 55.3 Å². The highest BCUT2D eigenvalue weighted by molar-refractivity contribution is 14.0. The van der Waals surface area contributed by atoms with Crippen molar-refractivity contribution in [3.8, 4) is 5.75 Å². The number of aliphatic imine (C=N–C) groups is 1. The summed E-state index contributed by atoms with van der Waals surface area (Å²) in [5.41, 5.74) is 1.21. The number of hydrogen-bond acceptors (Lipinski definition) is 4. The van der Waals surface area contributed by atoms with Gasteiger partial charge in [0.25, 0.3) is 0 Å². The minimum Gasteiger partial charge on any atom is -0.489 e. The van der Waals surface area contributed by atoms with E-state index in [9.17, 15) is 0 Å². The van der Waals surface area contributed by atoms with Crippen LogP contribution < -0.4 is 10.1 Å². The Hall–Kier alpha value is -1.06. The molecule has 31 heavy (non-hydrogen) atoms. The summed E-state index contributed by atoms with van der Waals surface area (Å²) < 4.78 is 18.0. The van der Waals surface area contributed by atoms with Crippen LogP contribution in [0, 0.1) is 6.92 Å². The molecule has 2 aliphatic rings. The average Bonchev–Trinajstić information content (AvgIpc) is 2.76. The van der Waals surface area contributed by atoms with E-state index in [0.29, 0.717) is 18.8 Å². The fourth-order valence-corrected chi connectivity index (χ4v) is 4.02. The molecule has 6 nitrogen and oxygen atoms in total. The smallest absolute Gasteiger partial charge is 0.194 e. The van der Waals surface area contributed by atoms with Crippen LogP contribution in [0.1, 0.15) is 51.5 Å². The Morgan fingerprint density at radius 2 is 2.06 bits per heavy atom. The Bertz CT molecular complexity index is 659. The van der Waals surface area contributed by atoms with E-state index >= 15 is 0 Å². The van der Waals surface area contributed by atoms with Crippen molar-refractivity contribution < 1.29 is 14.2 Å². The minimum absolute atomic E-state index is 0. The first-order valence-electron chi connectivity index (χ1n) is 11.6. The Labute approximate surface area is 205 Å². The van der Waals surface area contributed by atoms with Crippen molar-refractivity contribution in [2.75, 3.05) is 39.4 Å². The zero-order chi connectivity index (χ0) is 21.2. The molecule has 0 bridgehead atoms. The molecule has 2 fully saturated rings. The summed E-state index contributed by atoms with van der Waals surface area (Å²) in [6.45, 7) is 11.3. The van der Waals surface area contributed by atoms with Gasteiger partial charge in [0.1, 0.15) is 11.9 Å². The molecule has 2 unspecified atom stereocenters. The lowest BCUT2D eigenvalue weighted by molar-refractivity contribution is -0.0721. The van der Waals surface area contributed by atoms with Crippen LogP contribution in [0.25, 0.3) is 0 Å². The third kappa shape index (κ3) is 9.14. The van der Waals surface area contributed by atoms with E-state index in [1.807, 2.05) is 12.1 Å². The Kier molecular flexibility index (Phi) is 12.0. The number of piperidine rings is 1. The maximum atomic E-state index is 6.15. The van der Waals surface area contributed by atoms with Gasteiger partial charge in [-0.15, -0.1) is 24.0 Å². The van der Waals surface area contributed by atoms with Gasteiger partial charge in [0, 0.05) is 26.2 Å². The number of ether oxygens (including phenoxy) is 3. The molecular weight excluding hydrogens is 505 g/mol. The molecular formula is C24H40IN3O3. The molecule has 0 aromatic heterocycles. The number of guanidine groups is 1. The molecule has 1 N–H and O–H groups in total. The monoisotopic (exact) mass is 545 g/mol. The number of hydrogen-bond donors (Lipinski definition) is 1. The quantitative estimate of drug-likeness (QED) is 0.298. The summed E-state index contributed by atoms with van der Waals surface area (Å²) in [6, 6.07) is 8.17. The summed E-state index contributed by atoms with van der Waals surface area (Å²) in [4.78, 5) is 7.19. The molecule has 1 aromatic carbocycles. The van der Waals surface area contributed by atoms with Gasteiger partial charge in [-0.3, -0.25) is 0 Å². The SMILES string of the molecule is CCNC(=NCC(C)Oc1cccc(C)c1)N1CCC(OCC2CCCCO2)CC1.I. The fraction of sp³-hybridized carbons (Fsp3) is 0.708. The van der Waals surface area contributed by atoms with Crippen LogP contribution in [-0.4, -0.2) is 68.6 Å². The number of aryl methyl sites for hydroxylation is 1. The third-order valence-corrected chi connectivity index (χ3v) is 5.69. The van der Waals surface area contributed by atoms with Crippen molar-refractivity contribution in [1.29, 1.82) is 0 Å². The summed E-state index contributed by atoms with van der Waals surface area (Å²) in [6.07, 6.45) is 6.31. The van der Waals surface area contributed by atoms with Crippen molar-refractivity contribution in [2.24, 2.45) is 4.99 Å². The van der Waals surface area contributed by atoms with E-state index in [1.54, 1.807) is 0 Å². The molecule has 0 aliphatic carbocycles. The Balaban J connectivity index is 0.00000341. The molecule has 176 valence electrons. The van der Waals surface area contributed by atoms with Crippen LogP contribution in [0.5, 0.6) is 5.75 Å². The van der Waals surface area contributed by atoms with Crippen LogP contribution >= 0.6 is 24.0 Å². The van der Waals surface area contributed by atoms with Gasteiger partial charge < -0.3 is 24.4 Å². The second-order valence-electron chi connectivity index (χ2n) is 8.45. The van der Waals surface area contributed by atoms with Crippen LogP contribution in [0.4, 0.5) is 0 Å². The lowest BCUT2D eigenvalue weighted by Crippen LogP contribution is -2.47. The molecule has 2 atom stereocenters. The van der Waals surface area contributed by atoms with Crippen LogP contribution in [0.3, 0.4) is 0 Å². The molecule has 2 saturated heterocycles. The summed E-state index contributed by atoms with van der Waals surface area (Å²) in [7, 11) is 0. The van der Waals surface area contributed by atoms with Gasteiger partial charge in [0.15, 0.2) is 5.96 Å². The number of halogens is 1. The largest absolute Gasteiger partial charge is 0.489 e. The van der Waals surface area contributed by atoms with E-state index in [0.717, 1.165) is 63.8 Å². The molecule has 0 radical (unpaired) electrons. The van der Waals surface area contributed by atoms with Crippen molar-refractivity contribution in [1.82, 2.24) is 10.2 Å². The molecule has 0 saturated carbocycles. The van der Waals surface area contributed by atoms with Gasteiger partial charge in [-0.05, 0) is 70.6 Å².